The van der Waals surface area contributed by atoms with Crippen molar-refractivity contribution in [3.63, 3.8) is 0 Å². The number of methoxy groups -OCH3 is 1. The van der Waals surface area contributed by atoms with E-state index in [1.54, 1.807) is 36.4 Å². The molecule has 36 heavy (non-hydrogen) atoms. The second-order valence-electron chi connectivity index (χ2n) is 7.55. The van der Waals surface area contributed by atoms with Crippen molar-refractivity contribution in [2.75, 3.05) is 13.7 Å². The van der Waals surface area contributed by atoms with Crippen molar-refractivity contribution in [2.45, 2.75) is 19.4 Å². The number of urea groups is 1. The van der Waals surface area contributed by atoms with Crippen molar-refractivity contribution in [2.24, 2.45) is 5.73 Å². The molecule has 0 aromatic heterocycles. The molecule has 0 aliphatic carbocycles. The molecule has 0 aliphatic rings. The molecule has 5 N–H and O–H groups in total. The summed E-state index contributed by atoms with van der Waals surface area (Å²) in [6, 6.07) is 19.2. The lowest BCUT2D eigenvalue weighted by Crippen LogP contribution is -2.44. The first-order chi connectivity index (χ1) is 17.4. The van der Waals surface area contributed by atoms with Gasteiger partial charge in [-0.3, -0.25) is 20.4 Å². The summed E-state index contributed by atoms with van der Waals surface area (Å²) in [4.78, 5) is 36.7. The number of ether oxygens (including phenoxy) is 3. The van der Waals surface area contributed by atoms with E-state index >= 15 is 0 Å². The van der Waals surface area contributed by atoms with E-state index < -0.39 is 23.9 Å². The lowest BCUT2D eigenvalue weighted by molar-refractivity contribution is -0.122. The minimum Gasteiger partial charge on any atom is -0.493 e. The Morgan fingerprint density at radius 3 is 2.33 bits per heavy atom. The van der Waals surface area contributed by atoms with Gasteiger partial charge in [0.2, 0.25) is 5.91 Å². The number of hydrogen-bond donors (Lipinski definition) is 4. The largest absolute Gasteiger partial charge is 0.493 e. The summed E-state index contributed by atoms with van der Waals surface area (Å²) < 4.78 is 16.5. The molecule has 0 heterocycles. The van der Waals surface area contributed by atoms with E-state index in [0.29, 0.717) is 35.2 Å². The molecule has 0 radical (unpaired) electrons. The fourth-order valence-corrected chi connectivity index (χ4v) is 3.36. The molecule has 4 amide bonds. The van der Waals surface area contributed by atoms with Crippen molar-refractivity contribution < 1.29 is 28.6 Å². The van der Waals surface area contributed by atoms with Gasteiger partial charge in [-0.1, -0.05) is 30.3 Å². The first-order valence-electron chi connectivity index (χ1n) is 11.2. The molecule has 188 valence electrons. The number of amides is 4. The van der Waals surface area contributed by atoms with E-state index in [0.717, 1.165) is 0 Å². The second kappa shape index (κ2) is 12.7. The monoisotopic (exact) mass is 492 g/mol. The summed E-state index contributed by atoms with van der Waals surface area (Å²) in [6.07, 6.45) is -0.190. The minimum atomic E-state index is -0.798. The molecule has 0 fully saturated rings. The van der Waals surface area contributed by atoms with E-state index in [-0.39, 0.29) is 12.0 Å². The number of para-hydroxylation sites is 1. The van der Waals surface area contributed by atoms with Gasteiger partial charge in [0, 0.05) is 5.56 Å². The molecule has 3 rings (SSSR count). The van der Waals surface area contributed by atoms with Crippen LogP contribution in [0.3, 0.4) is 0 Å². The van der Waals surface area contributed by atoms with Crippen LogP contribution in [0.2, 0.25) is 0 Å². The van der Waals surface area contributed by atoms with E-state index in [9.17, 15) is 14.4 Å². The third-order valence-electron chi connectivity index (χ3n) is 4.99. The van der Waals surface area contributed by atoms with Crippen LogP contribution in [0, 0.1) is 0 Å². The highest BCUT2D eigenvalue weighted by atomic mass is 16.5. The molecule has 0 aliphatic heterocycles. The topological polar surface area (TPSA) is 141 Å². The average Bonchev–Trinajstić information content (AvgIpc) is 2.88. The van der Waals surface area contributed by atoms with E-state index in [2.05, 4.69) is 16.2 Å². The minimum absolute atomic E-state index is 0.190. The highest BCUT2D eigenvalue weighted by molar-refractivity contribution is 5.96. The van der Waals surface area contributed by atoms with Crippen LogP contribution in [0.1, 0.15) is 35.3 Å². The zero-order valence-corrected chi connectivity index (χ0v) is 19.9. The number of carbonyl (C=O) groups excluding carboxylic acids is 3. The predicted octanol–water partition coefficient (Wildman–Crippen LogP) is 3.45. The van der Waals surface area contributed by atoms with Crippen molar-refractivity contribution in [3.8, 4) is 23.0 Å². The van der Waals surface area contributed by atoms with Crippen molar-refractivity contribution in [3.05, 3.63) is 83.9 Å². The fourth-order valence-electron chi connectivity index (χ4n) is 3.36. The Hall–Kier alpha value is -4.73. The third kappa shape index (κ3) is 7.39. The zero-order valence-electron chi connectivity index (χ0n) is 19.9. The van der Waals surface area contributed by atoms with Gasteiger partial charge in [-0.05, 0) is 55.0 Å². The van der Waals surface area contributed by atoms with Crippen molar-refractivity contribution >= 4 is 17.8 Å². The van der Waals surface area contributed by atoms with Gasteiger partial charge >= 0.3 is 6.03 Å². The van der Waals surface area contributed by atoms with Crippen LogP contribution < -0.4 is 36.1 Å². The molecule has 1 unspecified atom stereocenters. The standard InChI is InChI=1S/C26H28N4O6/c1-3-35-22-13-12-18(15-23(22)34-2)25(32)30-29-24(31)16-21(28-26(27)33)17-8-7-11-20(14-17)36-19-9-5-4-6-10-19/h4-15,21H,3,16H2,1-2H3,(H,29,31)(H,30,32)(H3,27,28,33). The highest BCUT2D eigenvalue weighted by Gasteiger charge is 2.19. The number of hydrogen-bond acceptors (Lipinski definition) is 6. The van der Waals surface area contributed by atoms with E-state index in [1.165, 1.54) is 13.2 Å². The summed E-state index contributed by atoms with van der Waals surface area (Å²) in [7, 11) is 1.47. The zero-order chi connectivity index (χ0) is 25.9. The fraction of sp³-hybridized carbons (Fsp3) is 0.192. The van der Waals surface area contributed by atoms with Gasteiger partial charge in [0.05, 0.1) is 26.2 Å². The number of primary amides is 1. The number of carbonyl (C=O) groups is 3. The van der Waals surface area contributed by atoms with Gasteiger partial charge in [-0.2, -0.15) is 0 Å². The number of nitrogens with one attached hydrogen (secondary N) is 3. The molecule has 10 heteroatoms. The Morgan fingerprint density at radius 1 is 0.889 bits per heavy atom. The summed E-state index contributed by atoms with van der Waals surface area (Å²) >= 11 is 0. The second-order valence-corrected chi connectivity index (χ2v) is 7.55. The van der Waals surface area contributed by atoms with Gasteiger partial charge in [0.15, 0.2) is 11.5 Å². The summed E-state index contributed by atoms with van der Waals surface area (Å²) in [5.74, 6) is 0.948. The Kier molecular flexibility index (Phi) is 9.10. The molecule has 0 saturated carbocycles. The van der Waals surface area contributed by atoms with Crippen LogP contribution >= 0.6 is 0 Å². The van der Waals surface area contributed by atoms with Crippen molar-refractivity contribution in [1.29, 1.82) is 0 Å². The van der Waals surface area contributed by atoms with E-state index in [4.69, 9.17) is 19.9 Å². The maximum absolute atomic E-state index is 12.6. The van der Waals surface area contributed by atoms with Gasteiger partial charge in [-0.25, -0.2) is 4.79 Å². The highest BCUT2D eigenvalue weighted by Crippen LogP contribution is 2.28. The number of rotatable bonds is 10. The lowest BCUT2D eigenvalue weighted by Gasteiger charge is -2.19. The normalized spacial score (nSPS) is 11.1. The van der Waals surface area contributed by atoms with Crippen LogP contribution in [0.5, 0.6) is 23.0 Å². The molecule has 1 atom stereocenters. The Morgan fingerprint density at radius 2 is 1.64 bits per heavy atom. The van der Waals surface area contributed by atoms with Crippen LogP contribution in [-0.2, 0) is 4.79 Å². The average molecular weight is 493 g/mol. The van der Waals surface area contributed by atoms with Gasteiger partial charge in [0.25, 0.3) is 5.91 Å². The Bertz CT molecular complexity index is 1200. The van der Waals surface area contributed by atoms with Crippen LogP contribution in [-0.4, -0.2) is 31.6 Å². The third-order valence-corrected chi connectivity index (χ3v) is 4.99. The molecule has 0 spiro atoms. The van der Waals surface area contributed by atoms with Gasteiger partial charge in [0.1, 0.15) is 11.5 Å². The molecule has 0 bridgehead atoms. The quantitative estimate of drug-likeness (QED) is 0.320. The summed E-state index contributed by atoms with van der Waals surface area (Å²) in [5, 5.41) is 2.55. The van der Waals surface area contributed by atoms with Crippen LogP contribution in [0.4, 0.5) is 4.79 Å². The first kappa shape index (κ1) is 25.9. The molecular weight excluding hydrogens is 464 g/mol. The van der Waals surface area contributed by atoms with Crippen molar-refractivity contribution in [1.82, 2.24) is 16.2 Å². The lowest BCUT2D eigenvalue weighted by atomic mass is 10.0. The van der Waals surface area contributed by atoms with Crippen LogP contribution in [0.15, 0.2) is 72.8 Å². The summed E-state index contributed by atoms with van der Waals surface area (Å²) in [5.41, 5.74) is 10.9. The van der Waals surface area contributed by atoms with Gasteiger partial charge in [-0.15, -0.1) is 0 Å². The van der Waals surface area contributed by atoms with Gasteiger partial charge < -0.3 is 25.3 Å². The maximum atomic E-state index is 12.6. The van der Waals surface area contributed by atoms with E-state index in [1.807, 2.05) is 37.3 Å². The molecule has 0 saturated heterocycles. The first-order valence-corrected chi connectivity index (χ1v) is 11.2. The number of benzene rings is 3. The molecule has 3 aromatic carbocycles. The molecule has 10 nitrogen and oxygen atoms in total. The number of nitrogens with two attached hydrogens (primary N) is 1. The predicted molar refractivity (Wildman–Crippen MR) is 133 cm³/mol. The molecule has 3 aromatic rings. The molecular formula is C26H28N4O6. The Labute approximate surface area is 208 Å². The maximum Gasteiger partial charge on any atom is 0.312 e. The Balaban J connectivity index is 1.65. The van der Waals surface area contributed by atoms with Crippen LogP contribution in [0.25, 0.3) is 0 Å². The smallest absolute Gasteiger partial charge is 0.312 e. The number of hydrazine groups is 1. The summed E-state index contributed by atoms with van der Waals surface area (Å²) in [6.45, 7) is 2.28. The SMILES string of the molecule is CCOc1ccc(C(=O)NNC(=O)CC(NC(N)=O)c2cccc(Oc3ccccc3)c2)cc1OC.